The van der Waals surface area contributed by atoms with E-state index in [2.05, 4.69) is 19.9 Å². The van der Waals surface area contributed by atoms with E-state index in [9.17, 15) is 28.8 Å². The summed E-state index contributed by atoms with van der Waals surface area (Å²) < 4.78 is 110. The molecule has 12 rings (SSSR count). The SMILES string of the molecule is COc1ccc2nc3c(nc2c1)O[C@H]1CN(C(=O)[C@H](C2(C)COC2)CC(=O)O[C@@H]2CCC[C@H]2CCCCC3(F)F)[C@H]([C-]=O)[C@@H]1C.COc1ccc2nc3c(nc2c1)O[C@H]1CN(C(=O)[C@H](C2(C)COC2)CC(=O)O[C@]2(C)CCC[C@H]2CCCCC3(F)F)[C@H]([C-]=O)[C@@H]1C.[V].[V]. The second-order valence-electron chi connectivity index (χ2n) is 27.4. The number of fused-ring (bicyclic) bond motifs is 10. The molecule has 20 nitrogen and oxygen atoms in total. The van der Waals surface area contributed by atoms with Crippen LogP contribution in [0.25, 0.3) is 22.1 Å². The molecular formula is C67H82F4N6O14V2-2. The third-order valence-corrected chi connectivity index (χ3v) is 21.0. The number of benzene rings is 2. The van der Waals surface area contributed by atoms with Crippen LogP contribution in [-0.4, -0.2) is 156 Å². The zero-order valence-electron chi connectivity index (χ0n) is 53.7. The van der Waals surface area contributed by atoms with Gasteiger partial charge in [-0.2, -0.15) is 17.6 Å². The Kier molecular flexibility index (Phi) is 22.3. The zero-order chi connectivity index (χ0) is 64.8. The van der Waals surface area contributed by atoms with Gasteiger partial charge in [0.2, 0.25) is 23.6 Å². The van der Waals surface area contributed by atoms with E-state index in [4.69, 9.17) is 37.9 Å². The van der Waals surface area contributed by atoms with Gasteiger partial charge in [0.05, 0.1) is 100 Å². The molecule has 0 N–H and O–H groups in total. The Bertz CT molecular complexity index is 3400. The van der Waals surface area contributed by atoms with Gasteiger partial charge in [-0.3, -0.25) is 19.2 Å². The molecule has 6 aliphatic heterocycles. The Morgan fingerprint density at radius 1 is 0.538 bits per heavy atom. The average molecular weight is 1370 g/mol. The van der Waals surface area contributed by atoms with Gasteiger partial charge in [0.1, 0.15) is 35.4 Å². The van der Waals surface area contributed by atoms with Crippen molar-refractivity contribution in [2.24, 2.45) is 46.3 Å². The van der Waals surface area contributed by atoms with Crippen LogP contribution >= 0.6 is 0 Å². The Hall–Kier alpha value is -5.65. The summed E-state index contributed by atoms with van der Waals surface area (Å²) in [5, 5.41) is 0. The van der Waals surface area contributed by atoms with Crippen LogP contribution in [-0.2, 0) is 96.7 Å². The van der Waals surface area contributed by atoms with Gasteiger partial charge < -0.3 is 57.3 Å². The van der Waals surface area contributed by atoms with Crippen molar-refractivity contribution >= 4 is 58.4 Å². The Morgan fingerprint density at radius 2 is 0.989 bits per heavy atom. The molecule has 4 bridgehead atoms. The molecule has 93 heavy (non-hydrogen) atoms. The third-order valence-electron chi connectivity index (χ3n) is 21.0. The molecule has 12 atom stereocenters. The fourth-order valence-electron chi connectivity index (χ4n) is 15.0. The Labute approximate surface area is 562 Å². The summed E-state index contributed by atoms with van der Waals surface area (Å²) in [4.78, 5) is 100. The van der Waals surface area contributed by atoms with Gasteiger partial charge in [-0.25, -0.2) is 32.5 Å². The van der Waals surface area contributed by atoms with Gasteiger partial charge >= 0.3 is 11.9 Å². The van der Waals surface area contributed by atoms with Crippen LogP contribution in [0.1, 0.15) is 149 Å². The first-order valence-corrected chi connectivity index (χ1v) is 32.1. The number of methoxy groups -OCH3 is 2. The number of aromatic nitrogens is 4. The second kappa shape index (κ2) is 29.0. The van der Waals surface area contributed by atoms with Crippen molar-refractivity contribution in [3.05, 3.63) is 47.8 Å². The van der Waals surface area contributed by atoms with E-state index >= 15 is 17.6 Å². The minimum absolute atomic E-state index is 0. The number of nitrogens with zero attached hydrogens (tertiary/aromatic N) is 6. The van der Waals surface area contributed by atoms with Gasteiger partial charge in [0.15, 0.2) is 11.4 Å². The van der Waals surface area contributed by atoms with Crippen LogP contribution in [0.3, 0.4) is 0 Å². The summed E-state index contributed by atoms with van der Waals surface area (Å²) in [6, 6.07) is 7.57. The largest absolute Gasteiger partial charge is 0.540 e. The first-order valence-electron chi connectivity index (χ1n) is 32.1. The van der Waals surface area contributed by atoms with Crippen LogP contribution in [0.4, 0.5) is 17.6 Å². The van der Waals surface area contributed by atoms with Crippen molar-refractivity contribution in [1.29, 1.82) is 0 Å². The number of carbonyl (C=O) groups is 4. The van der Waals surface area contributed by atoms with Gasteiger partial charge in [0.25, 0.3) is 11.8 Å². The topological polar surface area (TPSA) is 234 Å². The van der Waals surface area contributed by atoms with Crippen molar-refractivity contribution in [3.63, 3.8) is 0 Å². The fourth-order valence-corrected chi connectivity index (χ4v) is 15.0. The molecule has 2 aromatic carbocycles. The molecule has 2 saturated carbocycles. The van der Waals surface area contributed by atoms with Crippen molar-refractivity contribution in [3.8, 4) is 23.3 Å². The molecule has 26 heteroatoms. The number of alkyl halides is 4. The summed E-state index contributed by atoms with van der Waals surface area (Å²) in [6.07, 6.45) is 8.26. The molecule has 2 radical (unpaired) electrons. The summed E-state index contributed by atoms with van der Waals surface area (Å²) in [5.74, 6) is -11.0. The van der Waals surface area contributed by atoms with Crippen molar-refractivity contribution in [2.45, 2.75) is 185 Å². The predicted molar refractivity (Wildman–Crippen MR) is 320 cm³/mol. The molecule has 8 heterocycles. The van der Waals surface area contributed by atoms with E-state index in [1.807, 2.05) is 33.3 Å². The van der Waals surface area contributed by atoms with Crippen LogP contribution < -0.4 is 18.9 Å². The van der Waals surface area contributed by atoms with Crippen LogP contribution in [0.5, 0.6) is 23.3 Å². The standard InChI is InChI=1S/C34H42F2N3O7.C33H40F2N3O7.2V/c1-20-26(17-40)39-16-27(20)45-30-29(37-24-11-10-22(43-4)14-25(24)38-30)34(35,36)13-6-5-8-21-9-7-12-33(21,3)46-28(41)15-23(31(39)42)32(2)18-44-19-32;1-19-25(16-39)38-15-27(19)45-30-29(36-23-11-10-21(42-3)13-24(23)37-30)33(34,35)12-5-4-7-20-8-6-9-26(20)44-28(40)14-22(31(38)41)32(2)17-43-18-32;;/h10-11,14,20-21,23,26-27H,5-9,12-13,15-16,18-19H2,1-4H3;10-11,13,19-20,22,25-27H,4-9,12,14-15,17-18H2,1-3H3;;/q2*-1;;/t20-,21+,23+,26+,27-,33+;19-,20+,22+,25+,26+,27-;;/m00../s1. The van der Waals surface area contributed by atoms with E-state index in [0.717, 1.165) is 25.7 Å². The molecule has 504 valence electrons. The molecule has 2 aromatic heterocycles. The quantitative estimate of drug-likeness (QED) is 0.0992. The first-order chi connectivity index (χ1) is 43.4. The van der Waals surface area contributed by atoms with Gasteiger partial charge in [0, 0.05) is 72.9 Å². The monoisotopic (exact) mass is 1370 g/mol. The molecule has 8 aliphatic rings. The van der Waals surface area contributed by atoms with Gasteiger partial charge in [-0.15, -0.1) is 0 Å². The molecule has 0 unspecified atom stereocenters. The van der Waals surface area contributed by atoms with Crippen LogP contribution in [0.2, 0.25) is 0 Å². The number of hydrogen-bond acceptors (Lipinski definition) is 18. The number of halogens is 4. The second-order valence-corrected chi connectivity index (χ2v) is 27.4. The summed E-state index contributed by atoms with van der Waals surface area (Å²) in [6.45, 7) is 10.1. The van der Waals surface area contributed by atoms with E-state index in [1.165, 1.54) is 24.0 Å². The maximum Gasteiger partial charge on any atom is 0.307 e. The number of amides is 2. The molecule has 6 fully saturated rings. The van der Waals surface area contributed by atoms with E-state index in [-0.39, 0.29) is 143 Å². The normalized spacial score (nSPS) is 31.8. The van der Waals surface area contributed by atoms with E-state index < -0.39 is 124 Å². The van der Waals surface area contributed by atoms with Crippen LogP contribution in [0, 0.1) is 46.3 Å². The summed E-state index contributed by atoms with van der Waals surface area (Å²) in [5.41, 5.74) is -2.00. The third kappa shape index (κ3) is 14.7. The first kappa shape index (κ1) is 71.6. The number of rotatable bonds is 6. The molecule has 4 aromatic rings. The van der Waals surface area contributed by atoms with Crippen molar-refractivity contribution in [1.82, 2.24) is 29.7 Å². The number of ether oxygens (including phenoxy) is 8. The van der Waals surface area contributed by atoms with Crippen molar-refractivity contribution < 1.29 is 121 Å². The maximum atomic E-state index is 16.1. The van der Waals surface area contributed by atoms with Crippen LogP contribution in [0.15, 0.2) is 36.4 Å². The Morgan fingerprint density at radius 3 is 1.44 bits per heavy atom. The van der Waals surface area contributed by atoms with Gasteiger partial charge in [-0.1, -0.05) is 52.6 Å². The Balaban J connectivity index is 0.000000215. The fraction of sp³-hybridized carbons (Fsp3) is 0.672. The molecular weight excluding hydrogens is 1290 g/mol. The van der Waals surface area contributed by atoms with E-state index in [0.29, 0.717) is 61.1 Å². The minimum Gasteiger partial charge on any atom is -0.540 e. The van der Waals surface area contributed by atoms with E-state index in [1.54, 1.807) is 50.2 Å². The maximum absolute atomic E-state index is 16.1. The smallest absolute Gasteiger partial charge is 0.307 e. The molecule has 2 amide bonds. The average Bonchev–Trinajstić information content (AvgIpc) is 1.77. The van der Waals surface area contributed by atoms with Crippen molar-refractivity contribution in [2.75, 3.05) is 53.7 Å². The molecule has 4 saturated heterocycles. The summed E-state index contributed by atoms with van der Waals surface area (Å²) in [7, 11) is 2.99. The number of carbonyl (C=O) groups excluding carboxylic acids is 6. The minimum atomic E-state index is -3.37. The molecule has 2 aliphatic carbocycles. The zero-order valence-corrected chi connectivity index (χ0v) is 56.5. The number of hydrogen-bond donors (Lipinski definition) is 0. The summed E-state index contributed by atoms with van der Waals surface area (Å²) >= 11 is 0. The molecule has 0 spiro atoms. The van der Waals surface area contributed by atoms with Gasteiger partial charge in [-0.05, 0) is 119 Å². The predicted octanol–water partition coefficient (Wildman–Crippen LogP) is 9.91. The number of esters is 2.